The molecule has 0 radical (unpaired) electrons. The molecule has 3 nitrogen and oxygen atoms in total. The fraction of sp³-hybridized carbons (Fsp3) is 0.833. The topological polar surface area (TPSA) is 54.4 Å². The van der Waals surface area contributed by atoms with Gasteiger partial charge in [0.15, 0.2) is 0 Å². The molecular formula is C12H20O3. The minimum atomic E-state index is -0.776. The second-order valence-electron chi connectivity index (χ2n) is 4.56. The van der Waals surface area contributed by atoms with E-state index >= 15 is 0 Å². The fourth-order valence-corrected chi connectivity index (χ4v) is 2.39. The Labute approximate surface area is 90.9 Å². The predicted molar refractivity (Wildman–Crippen MR) is 57.6 cm³/mol. The van der Waals surface area contributed by atoms with Gasteiger partial charge in [-0.1, -0.05) is 26.2 Å². The highest BCUT2D eigenvalue weighted by molar-refractivity contribution is 5.84. The van der Waals surface area contributed by atoms with Gasteiger partial charge in [0, 0.05) is 18.8 Å². The van der Waals surface area contributed by atoms with E-state index < -0.39 is 5.97 Å². The predicted octanol–water partition coefficient (Wildman–Crippen LogP) is 2.64. The molecule has 1 rings (SSSR count). The number of hydrogen-bond acceptors (Lipinski definition) is 2. The second-order valence-corrected chi connectivity index (χ2v) is 4.56. The van der Waals surface area contributed by atoms with Crippen molar-refractivity contribution < 1.29 is 14.7 Å². The average molecular weight is 212 g/mol. The normalized spacial score (nSPS) is 25.8. The molecule has 0 spiro atoms. The first-order valence-electron chi connectivity index (χ1n) is 5.88. The van der Waals surface area contributed by atoms with Crippen molar-refractivity contribution in [1.29, 1.82) is 0 Å². The molecule has 0 aromatic carbocycles. The van der Waals surface area contributed by atoms with E-state index in [2.05, 4.69) is 6.92 Å². The molecule has 0 amide bonds. The summed E-state index contributed by atoms with van der Waals surface area (Å²) in [6.45, 7) is 2.14. The van der Waals surface area contributed by atoms with Gasteiger partial charge >= 0.3 is 5.97 Å². The molecule has 2 atom stereocenters. The number of carbonyl (C=O) groups is 2. The molecule has 86 valence electrons. The molecule has 3 heteroatoms. The van der Waals surface area contributed by atoms with Gasteiger partial charge in [-0.2, -0.15) is 0 Å². The molecular weight excluding hydrogens is 192 g/mol. The molecule has 0 bridgehead atoms. The van der Waals surface area contributed by atoms with E-state index in [1.54, 1.807) is 0 Å². The number of unbranched alkanes of at least 4 members (excludes halogenated alkanes) is 2. The van der Waals surface area contributed by atoms with Crippen molar-refractivity contribution in [2.75, 3.05) is 0 Å². The Kier molecular flexibility index (Phi) is 4.79. The van der Waals surface area contributed by atoms with Crippen LogP contribution in [0.5, 0.6) is 0 Å². The average Bonchev–Trinajstić information content (AvgIpc) is 2.46. The summed E-state index contributed by atoms with van der Waals surface area (Å²) < 4.78 is 0. The Morgan fingerprint density at radius 1 is 1.47 bits per heavy atom. The van der Waals surface area contributed by atoms with Crippen LogP contribution in [-0.2, 0) is 9.59 Å². The van der Waals surface area contributed by atoms with E-state index in [1.165, 1.54) is 12.8 Å². The fourth-order valence-electron chi connectivity index (χ4n) is 2.39. The number of carboxylic acids is 1. The van der Waals surface area contributed by atoms with E-state index in [0.29, 0.717) is 6.42 Å². The molecule has 0 heterocycles. The molecule has 1 aliphatic carbocycles. The second kappa shape index (κ2) is 5.89. The molecule has 1 N–H and O–H groups in total. The zero-order valence-electron chi connectivity index (χ0n) is 9.37. The van der Waals surface area contributed by atoms with Crippen molar-refractivity contribution in [3.8, 4) is 0 Å². The van der Waals surface area contributed by atoms with E-state index in [4.69, 9.17) is 5.11 Å². The SMILES string of the molecule is CCCCCC1CC(CC(=O)O)CC1=O. The Bertz CT molecular complexity index is 235. The summed E-state index contributed by atoms with van der Waals surface area (Å²) >= 11 is 0. The zero-order valence-corrected chi connectivity index (χ0v) is 9.37. The summed E-state index contributed by atoms with van der Waals surface area (Å²) in [4.78, 5) is 22.1. The minimum absolute atomic E-state index is 0.0987. The van der Waals surface area contributed by atoms with Crippen LogP contribution in [0.25, 0.3) is 0 Å². The monoisotopic (exact) mass is 212 g/mol. The lowest BCUT2D eigenvalue weighted by Crippen LogP contribution is -2.05. The van der Waals surface area contributed by atoms with E-state index in [1.807, 2.05) is 0 Å². The van der Waals surface area contributed by atoms with Gasteiger partial charge in [0.25, 0.3) is 0 Å². The quantitative estimate of drug-likeness (QED) is 0.688. The van der Waals surface area contributed by atoms with Crippen molar-refractivity contribution >= 4 is 11.8 Å². The Balaban J connectivity index is 2.29. The van der Waals surface area contributed by atoms with Crippen molar-refractivity contribution in [3.05, 3.63) is 0 Å². The number of Topliss-reactive ketones (excluding diaryl/α,β-unsaturated/α-hetero) is 1. The van der Waals surface area contributed by atoms with Gasteiger partial charge in [-0.3, -0.25) is 9.59 Å². The third kappa shape index (κ3) is 4.02. The smallest absolute Gasteiger partial charge is 0.303 e. The zero-order chi connectivity index (χ0) is 11.3. The van der Waals surface area contributed by atoms with Gasteiger partial charge in [-0.15, -0.1) is 0 Å². The lowest BCUT2D eigenvalue weighted by Gasteiger charge is -2.07. The van der Waals surface area contributed by atoms with Crippen LogP contribution in [0.3, 0.4) is 0 Å². The summed E-state index contributed by atoms with van der Waals surface area (Å²) in [7, 11) is 0. The van der Waals surface area contributed by atoms with Crippen LogP contribution in [-0.4, -0.2) is 16.9 Å². The number of ketones is 1. The van der Waals surface area contributed by atoms with Crippen LogP contribution in [0, 0.1) is 11.8 Å². The van der Waals surface area contributed by atoms with Crippen LogP contribution in [0.15, 0.2) is 0 Å². The molecule has 0 saturated heterocycles. The molecule has 2 unspecified atom stereocenters. The standard InChI is InChI=1S/C12H20O3/c1-2-3-4-5-10-6-9(7-11(10)13)8-12(14)15/h9-10H,2-8H2,1H3,(H,14,15). The van der Waals surface area contributed by atoms with Gasteiger partial charge in [-0.05, 0) is 18.8 Å². The van der Waals surface area contributed by atoms with E-state index in [0.717, 1.165) is 19.3 Å². The van der Waals surface area contributed by atoms with Crippen molar-refractivity contribution in [2.45, 2.75) is 51.9 Å². The van der Waals surface area contributed by atoms with E-state index in [-0.39, 0.29) is 24.0 Å². The van der Waals surface area contributed by atoms with Crippen molar-refractivity contribution in [2.24, 2.45) is 11.8 Å². The third-order valence-corrected chi connectivity index (χ3v) is 3.18. The molecule has 0 aliphatic heterocycles. The maximum absolute atomic E-state index is 11.6. The van der Waals surface area contributed by atoms with Gasteiger partial charge < -0.3 is 5.11 Å². The van der Waals surface area contributed by atoms with Gasteiger partial charge in [-0.25, -0.2) is 0 Å². The Morgan fingerprint density at radius 2 is 2.20 bits per heavy atom. The molecule has 15 heavy (non-hydrogen) atoms. The molecule has 1 saturated carbocycles. The first-order chi connectivity index (χ1) is 7.13. The highest BCUT2D eigenvalue weighted by Gasteiger charge is 2.32. The van der Waals surface area contributed by atoms with Crippen LogP contribution in [0.4, 0.5) is 0 Å². The lowest BCUT2D eigenvalue weighted by molar-refractivity contribution is -0.138. The highest BCUT2D eigenvalue weighted by Crippen LogP contribution is 2.33. The number of aliphatic carboxylic acids is 1. The van der Waals surface area contributed by atoms with Crippen LogP contribution < -0.4 is 0 Å². The summed E-state index contributed by atoms with van der Waals surface area (Å²) in [5.41, 5.74) is 0. The maximum atomic E-state index is 11.6. The molecule has 1 aliphatic rings. The summed E-state index contributed by atoms with van der Waals surface area (Å²) in [5.74, 6) is -0.234. The Hall–Kier alpha value is -0.860. The number of rotatable bonds is 6. The Morgan fingerprint density at radius 3 is 2.80 bits per heavy atom. The number of carbonyl (C=O) groups excluding carboxylic acids is 1. The lowest BCUT2D eigenvalue weighted by atomic mass is 9.97. The first-order valence-corrected chi connectivity index (χ1v) is 5.88. The van der Waals surface area contributed by atoms with Gasteiger partial charge in [0.05, 0.1) is 0 Å². The van der Waals surface area contributed by atoms with Crippen LogP contribution in [0.2, 0.25) is 0 Å². The number of carboxylic acid groups (broad SMARTS) is 1. The third-order valence-electron chi connectivity index (χ3n) is 3.18. The largest absolute Gasteiger partial charge is 0.481 e. The first kappa shape index (κ1) is 12.2. The molecule has 0 aromatic rings. The summed E-state index contributed by atoms with van der Waals surface area (Å²) in [5, 5.41) is 8.65. The van der Waals surface area contributed by atoms with Crippen LogP contribution in [0.1, 0.15) is 51.9 Å². The van der Waals surface area contributed by atoms with Crippen molar-refractivity contribution in [1.82, 2.24) is 0 Å². The maximum Gasteiger partial charge on any atom is 0.303 e. The van der Waals surface area contributed by atoms with Crippen molar-refractivity contribution in [3.63, 3.8) is 0 Å². The molecule has 1 fully saturated rings. The summed E-state index contributed by atoms with van der Waals surface area (Å²) in [6, 6.07) is 0. The van der Waals surface area contributed by atoms with Gasteiger partial charge in [0.1, 0.15) is 5.78 Å². The van der Waals surface area contributed by atoms with Gasteiger partial charge in [0.2, 0.25) is 0 Å². The summed E-state index contributed by atoms with van der Waals surface area (Å²) in [6.07, 6.45) is 5.86. The van der Waals surface area contributed by atoms with Crippen LogP contribution >= 0.6 is 0 Å². The minimum Gasteiger partial charge on any atom is -0.481 e. The molecule has 0 aromatic heterocycles. The number of hydrogen-bond donors (Lipinski definition) is 1. The highest BCUT2D eigenvalue weighted by atomic mass is 16.4. The van der Waals surface area contributed by atoms with E-state index in [9.17, 15) is 9.59 Å².